The first-order valence-electron chi connectivity index (χ1n) is 9.17. The van der Waals surface area contributed by atoms with E-state index in [9.17, 15) is 9.90 Å². The van der Waals surface area contributed by atoms with Crippen LogP contribution >= 0.6 is 0 Å². The molecule has 0 aromatic rings. The number of ether oxygens (including phenoxy) is 1. The lowest BCUT2D eigenvalue weighted by molar-refractivity contribution is -0.137. The van der Waals surface area contributed by atoms with Gasteiger partial charge in [-0.1, -0.05) is 56.2 Å². The Balaban J connectivity index is 2.04. The lowest BCUT2D eigenvalue weighted by atomic mass is 10.1. The maximum Gasteiger partial charge on any atom is 0.303 e. The number of hydrogen-bond donors (Lipinski definition) is 2. The van der Waals surface area contributed by atoms with Crippen molar-refractivity contribution in [3.63, 3.8) is 0 Å². The van der Waals surface area contributed by atoms with Gasteiger partial charge in [-0.2, -0.15) is 0 Å². The monoisotopic (exact) mass is 336 g/mol. The van der Waals surface area contributed by atoms with Crippen LogP contribution in [0.1, 0.15) is 64.7 Å². The summed E-state index contributed by atoms with van der Waals surface area (Å²) < 4.78 is 5.51. The SMILES string of the molecule is CCCCC/C=C\C[C@@H]1O[C@H]1C(O)C=CCC=CCCCC(=O)O. The Morgan fingerprint density at radius 3 is 2.58 bits per heavy atom. The number of aliphatic carboxylic acids is 1. The molecule has 1 aliphatic rings. The van der Waals surface area contributed by atoms with Crippen LogP contribution in [0.5, 0.6) is 0 Å². The fourth-order valence-corrected chi connectivity index (χ4v) is 2.50. The zero-order valence-corrected chi connectivity index (χ0v) is 14.8. The van der Waals surface area contributed by atoms with E-state index in [2.05, 4.69) is 19.1 Å². The molecule has 4 heteroatoms. The molecule has 0 aliphatic carbocycles. The van der Waals surface area contributed by atoms with E-state index in [0.29, 0.717) is 6.42 Å². The number of carbonyl (C=O) groups is 1. The minimum absolute atomic E-state index is 0.0684. The van der Waals surface area contributed by atoms with E-state index in [1.165, 1.54) is 19.3 Å². The molecule has 1 aliphatic heterocycles. The number of carboxylic acid groups (broad SMARTS) is 1. The molecule has 4 nitrogen and oxygen atoms in total. The molecule has 0 saturated carbocycles. The standard InChI is InChI=1S/C20H32O4/c1-2-3-4-5-9-12-15-18-20(24-18)17(21)14-11-8-6-7-10-13-16-19(22)23/h6-7,9,11-12,14,17-18,20-21H,2-5,8,10,13,15-16H2,1H3,(H,22,23)/b7-6?,12-9-,14-11?/t17?,18-,20-/m0/s1. The fourth-order valence-electron chi connectivity index (χ4n) is 2.50. The van der Waals surface area contributed by atoms with Crippen molar-refractivity contribution in [2.75, 3.05) is 0 Å². The Morgan fingerprint density at radius 1 is 1.08 bits per heavy atom. The number of rotatable bonds is 14. The molecule has 0 bridgehead atoms. The van der Waals surface area contributed by atoms with Gasteiger partial charge >= 0.3 is 5.97 Å². The van der Waals surface area contributed by atoms with E-state index in [1.54, 1.807) is 6.08 Å². The summed E-state index contributed by atoms with van der Waals surface area (Å²) >= 11 is 0. The Hall–Kier alpha value is -1.39. The van der Waals surface area contributed by atoms with Crippen molar-refractivity contribution in [3.05, 3.63) is 36.5 Å². The van der Waals surface area contributed by atoms with Gasteiger partial charge in [0.2, 0.25) is 0 Å². The van der Waals surface area contributed by atoms with E-state index in [4.69, 9.17) is 9.84 Å². The number of hydrogen-bond acceptors (Lipinski definition) is 3. The molecule has 1 fully saturated rings. The number of aliphatic hydroxyl groups is 1. The number of unbranched alkanes of at least 4 members (excludes halogenated alkanes) is 4. The van der Waals surface area contributed by atoms with Gasteiger partial charge in [0.15, 0.2) is 0 Å². The predicted octanol–water partition coefficient (Wildman–Crippen LogP) is 4.40. The first-order valence-corrected chi connectivity index (χ1v) is 9.17. The van der Waals surface area contributed by atoms with Gasteiger partial charge in [-0.15, -0.1) is 0 Å². The minimum atomic E-state index is -0.749. The fraction of sp³-hybridized carbons (Fsp3) is 0.650. The van der Waals surface area contributed by atoms with Crippen molar-refractivity contribution < 1.29 is 19.7 Å². The van der Waals surface area contributed by atoms with E-state index >= 15 is 0 Å². The van der Waals surface area contributed by atoms with Gasteiger partial charge in [0, 0.05) is 6.42 Å². The van der Waals surface area contributed by atoms with Crippen LogP contribution in [0.15, 0.2) is 36.5 Å². The van der Waals surface area contributed by atoms with Crippen LogP contribution in [0, 0.1) is 0 Å². The predicted molar refractivity (Wildman–Crippen MR) is 97.0 cm³/mol. The van der Waals surface area contributed by atoms with Crippen LogP contribution in [0.2, 0.25) is 0 Å². The lowest BCUT2D eigenvalue weighted by Gasteiger charge is -1.99. The number of aliphatic hydroxyl groups excluding tert-OH is 1. The van der Waals surface area contributed by atoms with Crippen LogP contribution in [-0.2, 0) is 9.53 Å². The van der Waals surface area contributed by atoms with Crippen molar-refractivity contribution in [1.29, 1.82) is 0 Å². The Bertz CT molecular complexity index is 425. The maximum atomic E-state index is 10.4. The second-order valence-electron chi connectivity index (χ2n) is 6.25. The van der Waals surface area contributed by atoms with E-state index < -0.39 is 12.1 Å². The highest BCUT2D eigenvalue weighted by Crippen LogP contribution is 2.29. The van der Waals surface area contributed by atoms with E-state index in [0.717, 1.165) is 25.7 Å². The summed E-state index contributed by atoms with van der Waals surface area (Å²) in [6.45, 7) is 2.20. The first kappa shape index (κ1) is 20.7. The third-order valence-corrected chi connectivity index (χ3v) is 4.00. The normalized spacial score (nSPS) is 21.9. The summed E-state index contributed by atoms with van der Waals surface area (Å²) in [6.07, 6.45) is 19.8. The molecule has 1 saturated heterocycles. The van der Waals surface area contributed by atoms with Gasteiger partial charge in [-0.25, -0.2) is 0 Å². The highest BCUT2D eigenvalue weighted by atomic mass is 16.6. The van der Waals surface area contributed by atoms with Crippen LogP contribution in [-0.4, -0.2) is 34.5 Å². The van der Waals surface area contributed by atoms with E-state index in [-0.39, 0.29) is 18.6 Å². The third kappa shape index (κ3) is 10.4. The molecule has 3 atom stereocenters. The van der Waals surface area contributed by atoms with E-state index in [1.807, 2.05) is 18.2 Å². The van der Waals surface area contributed by atoms with Crippen molar-refractivity contribution in [2.24, 2.45) is 0 Å². The third-order valence-electron chi connectivity index (χ3n) is 4.00. The average Bonchev–Trinajstić information content (AvgIpc) is 3.32. The first-order chi connectivity index (χ1) is 11.6. The zero-order chi connectivity index (χ0) is 17.6. The largest absolute Gasteiger partial charge is 0.481 e. The van der Waals surface area contributed by atoms with Gasteiger partial charge in [0.1, 0.15) is 12.2 Å². The quantitative estimate of drug-likeness (QED) is 0.280. The smallest absolute Gasteiger partial charge is 0.303 e. The van der Waals surface area contributed by atoms with Gasteiger partial charge in [-0.3, -0.25) is 4.79 Å². The van der Waals surface area contributed by atoms with Crippen LogP contribution < -0.4 is 0 Å². The van der Waals surface area contributed by atoms with Crippen molar-refractivity contribution >= 4 is 5.97 Å². The molecule has 1 rings (SSSR count). The number of carboxylic acids is 1. The zero-order valence-electron chi connectivity index (χ0n) is 14.8. The maximum absolute atomic E-state index is 10.4. The number of epoxide rings is 1. The molecule has 2 N–H and O–H groups in total. The van der Waals surface area contributed by atoms with Crippen molar-refractivity contribution in [3.8, 4) is 0 Å². The molecule has 0 aromatic heterocycles. The second kappa shape index (κ2) is 13.0. The Kier molecular flexibility index (Phi) is 11.2. The highest BCUT2D eigenvalue weighted by molar-refractivity contribution is 5.66. The topological polar surface area (TPSA) is 70.1 Å². The van der Waals surface area contributed by atoms with Gasteiger partial charge < -0.3 is 14.9 Å². The molecule has 0 aromatic carbocycles. The van der Waals surface area contributed by atoms with Gasteiger partial charge in [0.25, 0.3) is 0 Å². The molecule has 1 heterocycles. The molecule has 24 heavy (non-hydrogen) atoms. The summed E-state index contributed by atoms with van der Waals surface area (Å²) in [6, 6.07) is 0. The Morgan fingerprint density at radius 2 is 1.83 bits per heavy atom. The van der Waals surface area contributed by atoms with Crippen molar-refractivity contribution in [1.82, 2.24) is 0 Å². The van der Waals surface area contributed by atoms with Gasteiger partial charge in [-0.05, 0) is 38.5 Å². The molecule has 0 amide bonds. The molecular weight excluding hydrogens is 304 g/mol. The summed E-state index contributed by atoms with van der Waals surface area (Å²) in [4.78, 5) is 10.4. The molecule has 136 valence electrons. The molecular formula is C20H32O4. The second-order valence-corrected chi connectivity index (χ2v) is 6.25. The highest BCUT2D eigenvalue weighted by Gasteiger charge is 2.42. The molecule has 1 unspecified atom stereocenters. The van der Waals surface area contributed by atoms with Crippen LogP contribution in [0.25, 0.3) is 0 Å². The average molecular weight is 336 g/mol. The summed E-state index contributed by atoms with van der Waals surface area (Å²) in [7, 11) is 0. The minimum Gasteiger partial charge on any atom is -0.481 e. The molecule has 0 spiro atoms. The summed E-state index contributed by atoms with van der Waals surface area (Å²) in [5.41, 5.74) is 0. The summed E-state index contributed by atoms with van der Waals surface area (Å²) in [5.74, 6) is -0.749. The van der Waals surface area contributed by atoms with Crippen LogP contribution in [0.4, 0.5) is 0 Å². The lowest BCUT2D eigenvalue weighted by Crippen LogP contribution is -2.13. The van der Waals surface area contributed by atoms with Crippen molar-refractivity contribution in [2.45, 2.75) is 83.0 Å². The van der Waals surface area contributed by atoms with Gasteiger partial charge in [0.05, 0.1) is 6.10 Å². The number of allylic oxidation sites excluding steroid dienone is 4. The molecule has 0 radical (unpaired) electrons. The van der Waals surface area contributed by atoms with Crippen LogP contribution in [0.3, 0.4) is 0 Å². The Labute approximate surface area is 145 Å². The summed E-state index contributed by atoms with van der Waals surface area (Å²) in [5, 5.41) is 18.5.